The summed E-state index contributed by atoms with van der Waals surface area (Å²) in [7, 11) is 0. The van der Waals surface area contributed by atoms with E-state index in [4.69, 9.17) is 0 Å². The van der Waals surface area contributed by atoms with E-state index in [1.54, 1.807) is 6.92 Å². The molecule has 3 aromatic rings. The van der Waals surface area contributed by atoms with Gasteiger partial charge in [-0.15, -0.1) is 11.8 Å². The third-order valence-electron chi connectivity index (χ3n) is 4.40. The van der Waals surface area contributed by atoms with Crippen molar-refractivity contribution in [2.75, 3.05) is 0 Å². The van der Waals surface area contributed by atoms with Crippen molar-refractivity contribution in [2.45, 2.75) is 29.7 Å². The third kappa shape index (κ3) is 6.22. The normalized spacial score (nSPS) is 12.6. The lowest BCUT2D eigenvalue weighted by atomic mass is 10.1. The fourth-order valence-electron chi connectivity index (χ4n) is 2.83. The maximum atomic E-state index is 13.0. The third-order valence-corrected chi connectivity index (χ3v) is 5.67. The van der Waals surface area contributed by atoms with E-state index in [-0.39, 0.29) is 11.8 Å². The molecule has 0 saturated heterocycles. The average molecular weight is 405 g/mol. The molecule has 0 saturated carbocycles. The number of thioether (sulfide) groups is 1. The fourth-order valence-corrected chi connectivity index (χ4v) is 3.88. The maximum Gasteiger partial charge on any atom is 0.242 e. The molecule has 2 unspecified atom stereocenters. The van der Waals surface area contributed by atoms with Crippen LogP contribution >= 0.6 is 11.8 Å². The molecule has 5 heteroatoms. The van der Waals surface area contributed by atoms with Crippen LogP contribution in [0.1, 0.15) is 23.3 Å². The number of nitrogens with one attached hydrogen (secondary N) is 2. The van der Waals surface area contributed by atoms with Gasteiger partial charge >= 0.3 is 0 Å². The molecule has 0 aliphatic carbocycles. The molecule has 0 fully saturated rings. The number of hydrogen-bond donors (Lipinski definition) is 2. The van der Waals surface area contributed by atoms with Crippen molar-refractivity contribution in [3.63, 3.8) is 0 Å². The first kappa shape index (κ1) is 20.7. The molecule has 2 atom stereocenters. The monoisotopic (exact) mass is 404 g/mol. The number of rotatable bonds is 8. The van der Waals surface area contributed by atoms with Gasteiger partial charge in [0.15, 0.2) is 0 Å². The first-order valence-electron chi connectivity index (χ1n) is 9.52. The Labute approximate surface area is 175 Å². The van der Waals surface area contributed by atoms with E-state index >= 15 is 0 Å². The predicted octanol–water partition coefficient (Wildman–Crippen LogP) is 4.34. The molecule has 3 rings (SSSR count). The van der Waals surface area contributed by atoms with Gasteiger partial charge in [0.2, 0.25) is 11.8 Å². The van der Waals surface area contributed by atoms with Crippen molar-refractivity contribution in [3.05, 3.63) is 102 Å². The molecule has 3 aromatic carbocycles. The summed E-state index contributed by atoms with van der Waals surface area (Å²) in [6, 6.07) is 28.5. The van der Waals surface area contributed by atoms with E-state index in [0.29, 0.717) is 6.54 Å². The first-order valence-corrected chi connectivity index (χ1v) is 10.4. The molecule has 29 heavy (non-hydrogen) atoms. The van der Waals surface area contributed by atoms with Gasteiger partial charge in [-0.3, -0.25) is 9.59 Å². The molecule has 0 bridgehead atoms. The summed E-state index contributed by atoms with van der Waals surface area (Å²) in [5, 5.41) is 5.29. The molecule has 0 aliphatic rings. The summed E-state index contributed by atoms with van der Waals surface area (Å²) in [6.07, 6.45) is 0. The van der Waals surface area contributed by atoms with Gasteiger partial charge in [-0.05, 0) is 30.2 Å². The minimum Gasteiger partial charge on any atom is -0.350 e. The second-order valence-electron chi connectivity index (χ2n) is 6.66. The van der Waals surface area contributed by atoms with Crippen molar-refractivity contribution in [2.24, 2.45) is 0 Å². The number of hydrogen-bond acceptors (Lipinski definition) is 3. The van der Waals surface area contributed by atoms with Gasteiger partial charge in [-0.2, -0.15) is 0 Å². The van der Waals surface area contributed by atoms with Gasteiger partial charge in [0.05, 0.1) is 0 Å². The van der Waals surface area contributed by atoms with Crippen LogP contribution < -0.4 is 10.6 Å². The van der Waals surface area contributed by atoms with Crippen LogP contribution in [-0.2, 0) is 16.1 Å². The number of benzene rings is 3. The van der Waals surface area contributed by atoms with Crippen LogP contribution in [0.3, 0.4) is 0 Å². The highest BCUT2D eigenvalue weighted by molar-refractivity contribution is 8.00. The smallest absolute Gasteiger partial charge is 0.242 e. The molecular formula is C24H24N2O2S. The first-order chi connectivity index (χ1) is 14.1. The van der Waals surface area contributed by atoms with Crippen molar-refractivity contribution in [3.8, 4) is 0 Å². The van der Waals surface area contributed by atoms with Crippen LogP contribution in [0.5, 0.6) is 0 Å². The van der Waals surface area contributed by atoms with Gasteiger partial charge in [0.25, 0.3) is 0 Å². The van der Waals surface area contributed by atoms with E-state index in [0.717, 1.165) is 16.0 Å². The van der Waals surface area contributed by atoms with E-state index in [1.165, 1.54) is 11.8 Å². The van der Waals surface area contributed by atoms with E-state index in [1.807, 2.05) is 91.0 Å². The zero-order chi connectivity index (χ0) is 20.5. The predicted molar refractivity (Wildman–Crippen MR) is 117 cm³/mol. The summed E-state index contributed by atoms with van der Waals surface area (Å²) >= 11 is 1.47. The van der Waals surface area contributed by atoms with E-state index < -0.39 is 11.3 Å². The zero-order valence-corrected chi connectivity index (χ0v) is 17.1. The van der Waals surface area contributed by atoms with Crippen molar-refractivity contribution < 1.29 is 9.59 Å². The standard InChI is InChI=1S/C24H24N2O2S/c1-18(23(27)25-17-19-11-5-2-6-12-19)26-24(28)22(20-13-7-3-8-14-20)29-21-15-9-4-10-16-21/h2-16,18,22H,17H2,1H3,(H,25,27)(H,26,28). The van der Waals surface area contributed by atoms with Gasteiger partial charge in [-0.1, -0.05) is 78.9 Å². The SMILES string of the molecule is CC(NC(=O)C(Sc1ccccc1)c1ccccc1)C(=O)NCc1ccccc1. The summed E-state index contributed by atoms with van der Waals surface area (Å²) in [4.78, 5) is 26.5. The van der Waals surface area contributed by atoms with Gasteiger partial charge < -0.3 is 10.6 Å². The summed E-state index contributed by atoms with van der Waals surface area (Å²) < 4.78 is 0. The molecule has 2 N–H and O–H groups in total. The Morgan fingerprint density at radius 1 is 0.793 bits per heavy atom. The number of amides is 2. The van der Waals surface area contributed by atoms with Crippen molar-refractivity contribution in [1.82, 2.24) is 10.6 Å². The van der Waals surface area contributed by atoms with Crippen LogP contribution in [0.4, 0.5) is 0 Å². The Hall–Kier alpha value is -3.05. The van der Waals surface area contributed by atoms with Crippen LogP contribution in [0.2, 0.25) is 0 Å². The largest absolute Gasteiger partial charge is 0.350 e. The molecule has 0 spiro atoms. The minimum absolute atomic E-state index is 0.188. The molecule has 0 aromatic heterocycles. The summed E-state index contributed by atoms with van der Waals surface area (Å²) in [5.74, 6) is -0.397. The van der Waals surface area contributed by atoms with Crippen molar-refractivity contribution in [1.29, 1.82) is 0 Å². The van der Waals surface area contributed by atoms with E-state index in [9.17, 15) is 9.59 Å². The maximum absolute atomic E-state index is 13.0. The highest BCUT2D eigenvalue weighted by atomic mass is 32.2. The van der Waals surface area contributed by atoms with Crippen LogP contribution in [0.15, 0.2) is 95.9 Å². The second kappa shape index (κ2) is 10.5. The lowest BCUT2D eigenvalue weighted by molar-refractivity contribution is -0.128. The molecule has 0 heterocycles. The van der Waals surface area contributed by atoms with Crippen LogP contribution in [0, 0.1) is 0 Å². The van der Waals surface area contributed by atoms with Gasteiger partial charge in [0.1, 0.15) is 11.3 Å². The second-order valence-corrected chi connectivity index (χ2v) is 7.83. The van der Waals surface area contributed by atoms with Gasteiger partial charge in [-0.25, -0.2) is 0 Å². The lowest BCUT2D eigenvalue weighted by Crippen LogP contribution is -2.45. The molecule has 0 aliphatic heterocycles. The molecule has 2 amide bonds. The highest BCUT2D eigenvalue weighted by Crippen LogP contribution is 2.35. The lowest BCUT2D eigenvalue weighted by Gasteiger charge is -2.20. The van der Waals surface area contributed by atoms with Crippen LogP contribution in [0.25, 0.3) is 0 Å². The van der Waals surface area contributed by atoms with Crippen LogP contribution in [-0.4, -0.2) is 17.9 Å². The Kier molecular flexibility index (Phi) is 7.47. The highest BCUT2D eigenvalue weighted by Gasteiger charge is 2.25. The fraction of sp³-hybridized carbons (Fsp3) is 0.167. The van der Waals surface area contributed by atoms with Gasteiger partial charge in [0, 0.05) is 11.4 Å². The zero-order valence-electron chi connectivity index (χ0n) is 16.2. The summed E-state index contributed by atoms with van der Waals surface area (Å²) in [6.45, 7) is 2.13. The molecule has 148 valence electrons. The Bertz CT molecular complexity index is 917. The molecule has 0 radical (unpaired) electrons. The Morgan fingerprint density at radius 3 is 1.97 bits per heavy atom. The molecule has 4 nitrogen and oxygen atoms in total. The number of carbonyl (C=O) groups is 2. The average Bonchev–Trinajstić information content (AvgIpc) is 2.77. The Morgan fingerprint density at radius 2 is 1.34 bits per heavy atom. The minimum atomic E-state index is -0.631. The van der Waals surface area contributed by atoms with Crippen molar-refractivity contribution >= 4 is 23.6 Å². The quantitative estimate of drug-likeness (QED) is 0.549. The molecular weight excluding hydrogens is 380 g/mol. The Balaban J connectivity index is 1.64. The summed E-state index contributed by atoms with van der Waals surface area (Å²) in [5.41, 5.74) is 1.91. The van der Waals surface area contributed by atoms with E-state index in [2.05, 4.69) is 10.6 Å². The topological polar surface area (TPSA) is 58.2 Å². The number of carbonyl (C=O) groups excluding carboxylic acids is 2.